The first-order valence-electron chi connectivity index (χ1n) is 6.06. The van der Waals surface area contributed by atoms with E-state index < -0.39 is 29.4 Å². The lowest BCUT2D eigenvalue weighted by Gasteiger charge is -2.19. The Morgan fingerprint density at radius 1 is 1.14 bits per heavy atom. The first kappa shape index (κ1) is 16.6. The molecule has 1 aromatic rings. The molecule has 0 saturated carbocycles. The van der Waals surface area contributed by atoms with Gasteiger partial charge in [0.2, 0.25) is 0 Å². The molecule has 114 valence electrons. The quantitative estimate of drug-likeness (QED) is 0.847. The highest BCUT2D eigenvalue weighted by Crippen LogP contribution is 2.13. The second-order valence-corrected chi connectivity index (χ2v) is 5.14. The van der Waals surface area contributed by atoms with Gasteiger partial charge in [-0.25, -0.2) is 14.0 Å². The Hall–Kier alpha value is -2.44. The summed E-state index contributed by atoms with van der Waals surface area (Å²) >= 11 is 0. The van der Waals surface area contributed by atoms with Gasteiger partial charge >= 0.3 is 12.1 Å². The van der Waals surface area contributed by atoms with Gasteiger partial charge in [0.1, 0.15) is 11.4 Å². The monoisotopic (exact) mass is 297 g/mol. The Bertz CT molecular complexity index is 577. The lowest BCUT2D eigenvalue weighted by atomic mass is 10.1. The van der Waals surface area contributed by atoms with E-state index in [0.29, 0.717) is 0 Å². The predicted octanol–water partition coefficient (Wildman–Crippen LogP) is 2.28. The first-order chi connectivity index (χ1) is 9.64. The number of amides is 2. The third-order valence-corrected chi connectivity index (χ3v) is 2.25. The van der Waals surface area contributed by atoms with Crippen molar-refractivity contribution in [2.45, 2.75) is 26.4 Å². The van der Waals surface area contributed by atoms with E-state index in [4.69, 9.17) is 4.74 Å². The molecule has 1 N–H and O–H groups in total. The van der Waals surface area contributed by atoms with Gasteiger partial charge in [-0.3, -0.25) is 10.1 Å². The van der Waals surface area contributed by atoms with E-state index in [1.54, 1.807) is 20.8 Å². The molecule has 1 rings (SSSR count). The highest BCUT2D eigenvalue weighted by Gasteiger charge is 2.23. The number of carbonyl (C=O) groups excluding carboxylic acids is 3. The normalized spacial score (nSPS) is 10.7. The zero-order valence-electron chi connectivity index (χ0n) is 12.2. The fourth-order valence-corrected chi connectivity index (χ4v) is 1.46. The van der Waals surface area contributed by atoms with Gasteiger partial charge in [0, 0.05) is 0 Å². The topological polar surface area (TPSA) is 81.7 Å². The number of imide groups is 1. The summed E-state index contributed by atoms with van der Waals surface area (Å²) in [6.07, 6.45) is -0.965. The lowest BCUT2D eigenvalue weighted by Crippen LogP contribution is -2.37. The van der Waals surface area contributed by atoms with Crippen molar-refractivity contribution >= 4 is 18.0 Å². The predicted molar refractivity (Wildman–Crippen MR) is 71.4 cm³/mol. The number of halogens is 1. The maximum absolute atomic E-state index is 13.2. The molecule has 0 aromatic heterocycles. The highest BCUT2D eigenvalue weighted by molar-refractivity contribution is 6.09. The van der Waals surface area contributed by atoms with Crippen molar-refractivity contribution in [3.63, 3.8) is 0 Å². The van der Waals surface area contributed by atoms with Gasteiger partial charge in [-0.1, -0.05) is 0 Å². The third kappa shape index (κ3) is 4.87. The number of nitrogens with one attached hydrogen (secondary N) is 1. The van der Waals surface area contributed by atoms with E-state index in [1.165, 1.54) is 0 Å². The molecule has 0 bridgehead atoms. The lowest BCUT2D eigenvalue weighted by molar-refractivity contribution is 0.0501. The molecule has 0 aliphatic rings. The largest absolute Gasteiger partial charge is 0.465 e. The van der Waals surface area contributed by atoms with Crippen LogP contribution in [0.25, 0.3) is 0 Å². The van der Waals surface area contributed by atoms with Crippen molar-refractivity contribution in [1.82, 2.24) is 5.32 Å². The average Bonchev–Trinajstić information content (AvgIpc) is 2.35. The van der Waals surface area contributed by atoms with Crippen molar-refractivity contribution in [3.8, 4) is 0 Å². The number of ether oxygens (including phenoxy) is 2. The Morgan fingerprint density at radius 2 is 1.76 bits per heavy atom. The molecule has 0 saturated heterocycles. The number of esters is 1. The van der Waals surface area contributed by atoms with Crippen LogP contribution in [0.15, 0.2) is 18.2 Å². The number of methoxy groups -OCH3 is 1. The Kier molecular flexibility index (Phi) is 5.02. The molecule has 2 amide bonds. The molecule has 0 aliphatic heterocycles. The summed E-state index contributed by atoms with van der Waals surface area (Å²) in [4.78, 5) is 35.0. The molecule has 0 atom stereocenters. The highest BCUT2D eigenvalue weighted by atomic mass is 19.1. The van der Waals surface area contributed by atoms with Gasteiger partial charge in [-0.2, -0.15) is 0 Å². The Labute approximate surface area is 121 Å². The summed E-state index contributed by atoms with van der Waals surface area (Å²) in [6, 6.07) is 2.94. The molecule has 0 radical (unpaired) electrons. The van der Waals surface area contributed by atoms with Crippen LogP contribution in [0.2, 0.25) is 0 Å². The molecule has 0 fully saturated rings. The van der Waals surface area contributed by atoms with Gasteiger partial charge in [-0.15, -0.1) is 0 Å². The van der Waals surface area contributed by atoms with E-state index in [9.17, 15) is 18.8 Å². The van der Waals surface area contributed by atoms with Crippen LogP contribution < -0.4 is 5.32 Å². The minimum absolute atomic E-state index is 0.186. The summed E-state index contributed by atoms with van der Waals surface area (Å²) in [5.41, 5.74) is -1.24. The first-order valence-corrected chi connectivity index (χ1v) is 6.06. The maximum atomic E-state index is 13.2. The molecule has 21 heavy (non-hydrogen) atoms. The van der Waals surface area contributed by atoms with Gasteiger partial charge in [0.25, 0.3) is 5.91 Å². The van der Waals surface area contributed by atoms with Crippen molar-refractivity contribution < 1.29 is 28.2 Å². The van der Waals surface area contributed by atoms with E-state index in [1.807, 2.05) is 5.32 Å². The van der Waals surface area contributed by atoms with Crippen LogP contribution in [0, 0.1) is 5.82 Å². The van der Waals surface area contributed by atoms with Crippen LogP contribution in [0.1, 0.15) is 41.5 Å². The molecule has 0 unspecified atom stereocenters. The smallest absolute Gasteiger partial charge is 0.414 e. The molecule has 0 aliphatic carbocycles. The molecular formula is C14H16FNO5. The molecule has 1 aromatic carbocycles. The van der Waals surface area contributed by atoms with E-state index >= 15 is 0 Å². The summed E-state index contributed by atoms with van der Waals surface area (Å²) < 4.78 is 22.5. The van der Waals surface area contributed by atoms with Crippen molar-refractivity contribution in [3.05, 3.63) is 35.1 Å². The van der Waals surface area contributed by atoms with Crippen LogP contribution in [0.4, 0.5) is 9.18 Å². The Morgan fingerprint density at radius 3 is 2.29 bits per heavy atom. The number of alkyl carbamates (subject to hydrolysis) is 1. The second-order valence-electron chi connectivity index (χ2n) is 5.14. The molecular weight excluding hydrogens is 281 g/mol. The van der Waals surface area contributed by atoms with Crippen LogP contribution in [0.5, 0.6) is 0 Å². The van der Waals surface area contributed by atoms with E-state index in [0.717, 1.165) is 25.3 Å². The number of rotatable bonds is 2. The molecule has 0 spiro atoms. The fraction of sp³-hybridized carbons (Fsp3) is 0.357. The standard InChI is InChI=1S/C14H16FNO5/c1-14(2,3)21-13(19)16-11(17)9-6-5-8(15)7-10(9)12(18)20-4/h5-7H,1-4H3,(H,16,17,19). The Balaban J connectivity index is 2.98. The number of hydrogen-bond donors (Lipinski definition) is 1. The van der Waals surface area contributed by atoms with E-state index in [-0.39, 0.29) is 11.1 Å². The van der Waals surface area contributed by atoms with Crippen molar-refractivity contribution in [2.75, 3.05) is 7.11 Å². The number of carbonyl (C=O) groups is 3. The van der Waals surface area contributed by atoms with Crippen LogP contribution in [0.3, 0.4) is 0 Å². The van der Waals surface area contributed by atoms with Gasteiger partial charge in [0.05, 0.1) is 18.2 Å². The number of hydrogen-bond acceptors (Lipinski definition) is 5. The average molecular weight is 297 g/mol. The van der Waals surface area contributed by atoms with Crippen LogP contribution >= 0.6 is 0 Å². The van der Waals surface area contributed by atoms with Crippen molar-refractivity contribution in [1.29, 1.82) is 0 Å². The minimum atomic E-state index is -0.965. The summed E-state index contributed by atoms with van der Waals surface area (Å²) in [5.74, 6) is -2.47. The minimum Gasteiger partial charge on any atom is -0.465 e. The van der Waals surface area contributed by atoms with Gasteiger partial charge in [-0.05, 0) is 39.0 Å². The van der Waals surface area contributed by atoms with E-state index in [2.05, 4.69) is 4.74 Å². The molecule has 7 heteroatoms. The number of benzene rings is 1. The molecule has 0 heterocycles. The maximum Gasteiger partial charge on any atom is 0.414 e. The summed E-state index contributed by atoms with van der Waals surface area (Å²) in [6.45, 7) is 4.90. The molecule has 6 nitrogen and oxygen atoms in total. The third-order valence-electron chi connectivity index (χ3n) is 2.25. The fourth-order valence-electron chi connectivity index (χ4n) is 1.46. The second kappa shape index (κ2) is 6.34. The summed E-state index contributed by atoms with van der Waals surface area (Å²) in [5, 5.41) is 1.96. The summed E-state index contributed by atoms with van der Waals surface area (Å²) in [7, 11) is 1.10. The van der Waals surface area contributed by atoms with Crippen LogP contribution in [-0.2, 0) is 9.47 Å². The zero-order chi connectivity index (χ0) is 16.2. The van der Waals surface area contributed by atoms with Gasteiger partial charge in [0.15, 0.2) is 0 Å². The van der Waals surface area contributed by atoms with Crippen molar-refractivity contribution in [2.24, 2.45) is 0 Å². The van der Waals surface area contributed by atoms with Crippen LogP contribution in [-0.4, -0.2) is 30.7 Å². The SMILES string of the molecule is COC(=O)c1cc(F)ccc1C(=O)NC(=O)OC(C)(C)C. The van der Waals surface area contributed by atoms with Gasteiger partial charge < -0.3 is 9.47 Å². The zero-order valence-corrected chi connectivity index (χ0v) is 12.2.